The lowest BCUT2D eigenvalue weighted by molar-refractivity contribution is -0.198. The predicted molar refractivity (Wildman–Crippen MR) is 82.4 cm³/mol. The second-order valence-electron chi connectivity index (χ2n) is 8.20. The SMILES string of the molecule is CN(CC1COC(C)(C)O1)C(=O)C1CC(C)(C)N(O)C1(C)C. The Bertz CT molecular complexity index is 447. The van der Waals surface area contributed by atoms with Gasteiger partial charge in [-0.05, 0) is 48.0 Å². The number of hydrogen-bond acceptors (Lipinski definition) is 5. The Balaban J connectivity index is 2.02. The van der Waals surface area contributed by atoms with Gasteiger partial charge in [0.2, 0.25) is 5.91 Å². The Morgan fingerprint density at radius 1 is 1.27 bits per heavy atom. The van der Waals surface area contributed by atoms with Crippen molar-refractivity contribution in [2.24, 2.45) is 5.92 Å². The summed E-state index contributed by atoms with van der Waals surface area (Å²) in [6.07, 6.45) is 0.527. The average Bonchev–Trinajstić information content (AvgIpc) is 2.79. The second-order valence-corrected chi connectivity index (χ2v) is 8.20. The minimum Gasteiger partial charge on any atom is -0.348 e. The first-order valence-corrected chi connectivity index (χ1v) is 7.93. The molecule has 2 heterocycles. The molecule has 0 bridgehead atoms. The van der Waals surface area contributed by atoms with Crippen molar-refractivity contribution in [1.29, 1.82) is 0 Å². The lowest BCUT2D eigenvalue weighted by atomic mass is 9.86. The molecule has 0 aromatic heterocycles. The van der Waals surface area contributed by atoms with E-state index in [2.05, 4.69) is 0 Å². The lowest BCUT2D eigenvalue weighted by Gasteiger charge is -2.36. The minimum atomic E-state index is -0.582. The van der Waals surface area contributed by atoms with Crippen LogP contribution in [0.25, 0.3) is 0 Å². The van der Waals surface area contributed by atoms with Gasteiger partial charge in [0.25, 0.3) is 0 Å². The van der Waals surface area contributed by atoms with Gasteiger partial charge in [-0.25, -0.2) is 0 Å². The summed E-state index contributed by atoms with van der Waals surface area (Å²) < 4.78 is 11.3. The Morgan fingerprint density at radius 3 is 2.27 bits per heavy atom. The first-order valence-electron chi connectivity index (χ1n) is 7.93. The van der Waals surface area contributed by atoms with Gasteiger partial charge in [0, 0.05) is 19.1 Å². The maximum Gasteiger partial charge on any atom is 0.227 e. The highest BCUT2D eigenvalue weighted by Gasteiger charge is 2.54. The molecule has 0 radical (unpaired) electrons. The molecule has 2 aliphatic rings. The summed E-state index contributed by atoms with van der Waals surface area (Å²) in [5.41, 5.74) is -0.985. The van der Waals surface area contributed by atoms with E-state index in [0.717, 1.165) is 0 Å². The van der Waals surface area contributed by atoms with Gasteiger partial charge in [-0.15, -0.1) is 0 Å². The van der Waals surface area contributed by atoms with E-state index in [1.165, 1.54) is 5.06 Å². The van der Waals surface area contributed by atoms with E-state index in [1.807, 2.05) is 41.5 Å². The van der Waals surface area contributed by atoms with Crippen LogP contribution in [0.3, 0.4) is 0 Å². The van der Waals surface area contributed by atoms with Gasteiger partial charge in [0.05, 0.1) is 18.1 Å². The molecular weight excluding hydrogens is 284 g/mol. The number of rotatable bonds is 3. The summed E-state index contributed by atoms with van der Waals surface area (Å²) >= 11 is 0. The number of hydrogen-bond donors (Lipinski definition) is 1. The number of likely N-dealkylation sites (N-methyl/N-ethyl adjacent to an activating group) is 1. The second kappa shape index (κ2) is 5.44. The molecular formula is C16H30N2O4. The van der Waals surface area contributed by atoms with E-state index in [-0.39, 0.29) is 17.9 Å². The van der Waals surface area contributed by atoms with Crippen LogP contribution in [0.5, 0.6) is 0 Å². The summed E-state index contributed by atoms with van der Waals surface area (Å²) in [5.74, 6) is -0.777. The van der Waals surface area contributed by atoms with Gasteiger partial charge in [-0.3, -0.25) is 4.79 Å². The minimum absolute atomic E-state index is 0.0444. The molecule has 128 valence electrons. The van der Waals surface area contributed by atoms with E-state index in [4.69, 9.17) is 9.47 Å². The molecule has 0 aromatic carbocycles. The standard InChI is InChI=1S/C16H30N2O4/c1-14(2)8-12(15(3,4)18(14)20)13(19)17(7)9-11-10-21-16(5,6)22-11/h11-12,20H,8-10H2,1-7H3. The molecule has 2 fully saturated rings. The zero-order chi connectivity index (χ0) is 16.9. The molecule has 0 spiro atoms. The van der Waals surface area contributed by atoms with E-state index < -0.39 is 16.9 Å². The highest BCUT2D eigenvalue weighted by molar-refractivity contribution is 5.80. The van der Waals surface area contributed by atoms with Crippen LogP contribution in [-0.2, 0) is 14.3 Å². The van der Waals surface area contributed by atoms with Gasteiger partial charge in [0.1, 0.15) is 6.10 Å². The van der Waals surface area contributed by atoms with Crippen LogP contribution in [0.15, 0.2) is 0 Å². The van der Waals surface area contributed by atoms with Crippen molar-refractivity contribution in [3.05, 3.63) is 0 Å². The molecule has 2 atom stereocenters. The third kappa shape index (κ3) is 3.15. The summed E-state index contributed by atoms with van der Waals surface area (Å²) in [5, 5.41) is 11.7. The molecule has 6 heteroatoms. The number of carbonyl (C=O) groups is 1. The summed E-state index contributed by atoms with van der Waals surface area (Å²) in [6, 6.07) is 0. The Kier molecular flexibility index (Phi) is 4.37. The molecule has 2 rings (SSSR count). The summed E-state index contributed by atoms with van der Waals surface area (Å²) in [7, 11) is 1.79. The number of ether oxygens (including phenoxy) is 2. The van der Waals surface area contributed by atoms with E-state index in [1.54, 1.807) is 11.9 Å². The fourth-order valence-electron chi connectivity index (χ4n) is 3.67. The Hall–Kier alpha value is -0.690. The molecule has 1 N–H and O–H groups in total. The fourth-order valence-corrected chi connectivity index (χ4v) is 3.67. The maximum absolute atomic E-state index is 12.8. The number of carbonyl (C=O) groups excluding carboxylic acids is 1. The van der Waals surface area contributed by atoms with Crippen LogP contribution in [0.2, 0.25) is 0 Å². The van der Waals surface area contributed by atoms with E-state index in [0.29, 0.717) is 19.6 Å². The molecule has 2 saturated heterocycles. The van der Waals surface area contributed by atoms with Gasteiger partial charge in [-0.2, -0.15) is 5.06 Å². The molecule has 22 heavy (non-hydrogen) atoms. The highest BCUT2D eigenvalue weighted by atomic mass is 16.7. The van der Waals surface area contributed by atoms with Crippen LogP contribution in [-0.4, -0.2) is 64.2 Å². The summed E-state index contributed by atoms with van der Waals surface area (Å²) in [6.45, 7) is 12.5. The van der Waals surface area contributed by atoms with Gasteiger partial charge in [-0.1, -0.05) is 0 Å². The van der Waals surface area contributed by atoms with Crippen LogP contribution in [0.4, 0.5) is 0 Å². The van der Waals surface area contributed by atoms with Gasteiger partial charge >= 0.3 is 0 Å². The van der Waals surface area contributed by atoms with Crippen molar-refractivity contribution in [2.45, 2.75) is 70.9 Å². The molecule has 1 amide bonds. The average molecular weight is 314 g/mol. The van der Waals surface area contributed by atoms with Crippen LogP contribution in [0.1, 0.15) is 48.0 Å². The predicted octanol–water partition coefficient (Wildman–Crippen LogP) is 1.86. The zero-order valence-electron chi connectivity index (χ0n) is 14.8. The zero-order valence-corrected chi connectivity index (χ0v) is 14.8. The largest absolute Gasteiger partial charge is 0.348 e. The van der Waals surface area contributed by atoms with E-state index >= 15 is 0 Å². The monoisotopic (exact) mass is 314 g/mol. The van der Waals surface area contributed by atoms with Crippen molar-refractivity contribution >= 4 is 5.91 Å². The van der Waals surface area contributed by atoms with Gasteiger partial charge < -0.3 is 19.6 Å². The van der Waals surface area contributed by atoms with E-state index in [9.17, 15) is 10.0 Å². The topological polar surface area (TPSA) is 62.2 Å². The third-order valence-electron chi connectivity index (χ3n) is 4.89. The van der Waals surface area contributed by atoms with Crippen molar-refractivity contribution in [3.63, 3.8) is 0 Å². The molecule has 2 aliphatic heterocycles. The lowest BCUT2D eigenvalue weighted by Crippen LogP contribution is -2.50. The highest BCUT2D eigenvalue weighted by Crippen LogP contribution is 2.44. The van der Waals surface area contributed by atoms with Crippen LogP contribution >= 0.6 is 0 Å². The van der Waals surface area contributed by atoms with Crippen molar-refractivity contribution in [3.8, 4) is 0 Å². The number of nitrogens with zero attached hydrogens (tertiary/aromatic N) is 2. The quantitative estimate of drug-likeness (QED) is 0.861. The van der Waals surface area contributed by atoms with Crippen molar-refractivity contribution < 1.29 is 19.5 Å². The number of hydroxylamine groups is 2. The van der Waals surface area contributed by atoms with Crippen molar-refractivity contribution in [2.75, 3.05) is 20.2 Å². The molecule has 0 saturated carbocycles. The molecule has 6 nitrogen and oxygen atoms in total. The van der Waals surface area contributed by atoms with Gasteiger partial charge in [0.15, 0.2) is 5.79 Å². The summed E-state index contributed by atoms with van der Waals surface area (Å²) in [4.78, 5) is 14.5. The molecule has 0 aromatic rings. The van der Waals surface area contributed by atoms with Crippen LogP contribution < -0.4 is 0 Å². The third-order valence-corrected chi connectivity index (χ3v) is 4.89. The van der Waals surface area contributed by atoms with Crippen molar-refractivity contribution in [1.82, 2.24) is 9.96 Å². The smallest absolute Gasteiger partial charge is 0.227 e. The Labute approximate surface area is 133 Å². The van der Waals surface area contributed by atoms with Crippen LogP contribution in [0, 0.1) is 5.92 Å². The normalized spacial score (nSPS) is 33.1. The fraction of sp³-hybridized carbons (Fsp3) is 0.938. The first-order chi connectivity index (χ1) is 9.87. The first kappa shape index (κ1) is 17.7. The maximum atomic E-state index is 12.8. The number of amides is 1. The molecule has 0 aliphatic carbocycles. The molecule has 2 unspecified atom stereocenters. The Morgan fingerprint density at radius 2 is 1.86 bits per heavy atom.